The number of amides is 1. The number of rotatable bonds is 4. The molecule has 1 heterocycles. The molecule has 1 aliphatic rings. The van der Waals surface area contributed by atoms with Gasteiger partial charge >= 0.3 is 0 Å². The highest BCUT2D eigenvalue weighted by Gasteiger charge is 2.27. The normalized spacial score (nSPS) is 21.7. The van der Waals surface area contributed by atoms with Crippen LogP contribution in [0.4, 0.5) is 0 Å². The highest BCUT2D eigenvalue weighted by atomic mass is 16.2. The lowest BCUT2D eigenvalue weighted by atomic mass is 9.95. The zero-order chi connectivity index (χ0) is 11.4. The number of nitrogens with zero attached hydrogens (tertiary/aromatic N) is 1. The predicted molar refractivity (Wildman–Crippen MR) is 62.7 cm³/mol. The van der Waals surface area contributed by atoms with Gasteiger partial charge in [-0.25, -0.2) is 0 Å². The number of likely N-dealkylation sites (tertiary alicyclic amines) is 1. The summed E-state index contributed by atoms with van der Waals surface area (Å²) in [5.41, 5.74) is 0. The summed E-state index contributed by atoms with van der Waals surface area (Å²) in [4.78, 5) is 13.8. The molecule has 0 bridgehead atoms. The minimum absolute atomic E-state index is 0.256. The van der Waals surface area contributed by atoms with Gasteiger partial charge < -0.3 is 10.2 Å². The first kappa shape index (κ1) is 12.5. The van der Waals surface area contributed by atoms with Crippen LogP contribution in [-0.2, 0) is 4.79 Å². The molecule has 1 fully saturated rings. The Hall–Kier alpha value is -0.570. The van der Waals surface area contributed by atoms with Crippen molar-refractivity contribution in [2.75, 3.05) is 19.6 Å². The molecule has 0 aliphatic carbocycles. The standard InChI is InChI=1S/C12H24N2O/c1-9(2)11-5-6-14(8-11)12(15)7-13-10(3)4/h9-11,13H,5-8H2,1-4H3. The summed E-state index contributed by atoms with van der Waals surface area (Å²) in [5.74, 6) is 1.65. The third kappa shape index (κ3) is 3.82. The van der Waals surface area contributed by atoms with Gasteiger partial charge in [-0.15, -0.1) is 0 Å². The van der Waals surface area contributed by atoms with Crippen LogP contribution in [0.25, 0.3) is 0 Å². The van der Waals surface area contributed by atoms with Crippen LogP contribution in [0.15, 0.2) is 0 Å². The number of carbonyl (C=O) groups is 1. The van der Waals surface area contributed by atoms with Gasteiger partial charge in [0.05, 0.1) is 6.54 Å². The van der Waals surface area contributed by atoms with Crippen LogP contribution in [0, 0.1) is 11.8 Å². The van der Waals surface area contributed by atoms with Crippen molar-refractivity contribution in [3.63, 3.8) is 0 Å². The molecule has 1 atom stereocenters. The van der Waals surface area contributed by atoms with Gasteiger partial charge in [-0.05, 0) is 18.3 Å². The van der Waals surface area contributed by atoms with E-state index >= 15 is 0 Å². The molecule has 1 N–H and O–H groups in total. The molecule has 3 nitrogen and oxygen atoms in total. The summed E-state index contributed by atoms with van der Waals surface area (Å²) < 4.78 is 0. The second-order valence-electron chi connectivity index (χ2n) is 5.17. The Morgan fingerprint density at radius 2 is 2.07 bits per heavy atom. The third-order valence-electron chi connectivity index (χ3n) is 3.18. The van der Waals surface area contributed by atoms with Crippen molar-refractivity contribution in [3.8, 4) is 0 Å². The van der Waals surface area contributed by atoms with E-state index in [-0.39, 0.29) is 5.91 Å². The number of hydrogen-bond acceptors (Lipinski definition) is 2. The van der Waals surface area contributed by atoms with Gasteiger partial charge in [-0.3, -0.25) is 4.79 Å². The molecule has 1 aliphatic heterocycles. The largest absolute Gasteiger partial charge is 0.341 e. The van der Waals surface area contributed by atoms with Crippen LogP contribution in [0.1, 0.15) is 34.1 Å². The molecule has 0 aromatic heterocycles. The summed E-state index contributed by atoms with van der Waals surface area (Å²) in [5, 5.41) is 3.17. The van der Waals surface area contributed by atoms with E-state index in [2.05, 4.69) is 33.0 Å². The van der Waals surface area contributed by atoms with Gasteiger partial charge in [-0.2, -0.15) is 0 Å². The van der Waals surface area contributed by atoms with Crippen LogP contribution < -0.4 is 5.32 Å². The lowest BCUT2D eigenvalue weighted by Gasteiger charge is -2.19. The van der Waals surface area contributed by atoms with Gasteiger partial charge in [0.1, 0.15) is 0 Å². The quantitative estimate of drug-likeness (QED) is 0.765. The van der Waals surface area contributed by atoms with Crippen molar-refractivity contribution in [3.05, 3.63) is 0 Å². The summed E-state index contributed by atoms with van der Waals surface area (Å²) >= 11 is 0. The molecule has 0 aromatic rings. The maximum Gasteiger partial charge on any atom is 0.236 e. The van der Waals surface area contributed by atoms with Crippen LogP contribution in [0.2, 0.25) is 0 Å². The average Bonchev–Trinajstić information content (AvgIpc) is 2.62. The SMILES string of the molecule is CC(C)NCC(=O)N1CCC(C(C)C)C1. The first-order chi connectivity index (χ1) is 7.00. The van der Waals surface area contributed by atoms with Crippen molar-refractivity contribution in [1.29, 1.82) is 0 Å². The second-order valence-corrected chi connectivity index (χ2v) is 5.17. The van der Waals surface area contributed by atoms with E-state index in [1.807, 2.05) is 4.90 Å². The van der Waals surface area contributed by atoms with Gasteiger partial charge in [0.2, 0.25) is 5.91 Å². The van der Waals surface area contributed by atoms with Crippen LogP contribution >= 0.6 is 0 Å². The van der Waals surface area contributed by atoms with E-state index in [0.29, 0.717) is 24.4 Å². The topological polar surface area (TPSA) is 32.3 Å². The number of carbonyl (C=O) groups excluding carboxylic acids is 1. The molecule has 1 amide bonds. The van der Waals surface area contributed by atoms with Crippen molar-refractivity contribution in [1.82, 2.24) is 10.2 Å². The maximum atomic E-state index is 11.8. The van der Waals surface area contributed by atoms with E-state index in [4.69, 9.17) is 0 Å². The van der Waals surface area contributed by atoms with Gasteiger partial charge in [0, 0.05) is 19.1 Å². The highest BCUT2D eigenvalue weighted by Crippen LogP contribution is 2.23. The zero-order valence-electron chi connectivity index (χ0n) is 10.4. The van der Waals surface area contributed by atoms with Gasteiger partial charge in [0.25, 0.3) is 0 Å². The van der Waals surface area contributed by atoms with E-state index < -0.39 is 0 Å². The molecular weight excluding hydrogens is 188 g/mol. The Bertz CT molecular complexity index is 214. The maximum absolute atomic E-state index is 11.8. The fourth-order valence-corrected chi connectivity index (χ4v) is 1.96. The minimum atomic E-state index is 0.256. The molecule has 0 spiro atoms. The molecule has 3 heteroatoms. The van der Waals surface area contributed by atoms with Crippen molar-refractivity contribution >= 4 is 5.91 Å². The molecule has 1 rings (SSSR count). The molecule has 88 valence electrons. The predicted octanol–water partition coefficient (Wildman–Crippen LogP) is 1.49. The molecule has 1 unspecified atom stereocenters. The van der Waals surface area contributed by atoms with E-state index in [1.54, 1.807) is 0 Å². The minimum Gasteiger partial charge on any atom is -0.341 e. The van der Waals surface area contributed by atoms with Crippen LogP contribution in [0.5, 0.6) is 0 Å². The van der Waals surface area contributed by atoms with Gasteiger partial charge in [-0.1, -0.05) is 27.7 Å². The summed E-state index contributed by atoms with van der Waals surface area (Å²) in [6.07, 6.45) is 1.17. The molecule has 0 aromatic carbocycles. The lowest BCUT2D eigenvalue weighted by molar-refractivity contribution is -0.129. The molecule has 1 saturated heterocycles. The molecule has 0 saturated carbocycles. The first-order valence-electron chi connectivity index (χ1n) is 6.02. The highest BCUT2D eigenvalue weighted by molar-refractivity contribution is 5.78. The van der Waals surface area contributed by atoms with E-state index in [0.717, 1.165) is 13.1 Å². The van der Waals surface area contributed by atoms with Gasteiger partial charge in [0.15, 0.2) is 0 Å². The Morgan fingerprint density at radius 3 is 2.53 bits per heavy atom. The first-order valence-corrected chi connectivity index (χ1v) is 6.02. The Kier molecular flexibility index (Phi) is 4.58. The van der Waals surface area contributed by atoms with E-state index in [9.17, 15) is 4.79 Å². The van der Waals surface area contributed by atoms with Crippen molar-refractivity contribution in [2.45, 2.75) is 40.2 Å². The smallest absolute Gasteiger partial charge is 0.236 e. The summed E-state index contributed by atoms with van der Waals surface area (Å²) in [6.45, 7) is 11.0. The summed E-state index contributed by atoms with van der Waals surface area (Å²) in [7, 11) is 0. The number of hydrogen-bond donors (Lipinski definition) is 1. The Balaban J connectivity index is 2.30. The molecule has 15 heavy (non-hydrogen) atoms. The van der Waals surface area contributed by atoms with Crippen molar-refractivity contribution < 1.29 is 4.79 Å². The lowest BCUT2D eigenvalue weighted by Crippen LogP contribution is -2.39. The third-order valence-corrected chi connectivity index (χ3v) is 3.18. The van der Waals surface area contributed by atoms with E-state index in [1.165, 1.54) is 6.42 Å². The molecule has 0 radical (unpaired) electrons. The average molecular weight is 212 g/mol. The monoisotopic (exact) mass is 212 g/mol. The van der Waals surface area contributed by atoms with Crippen LogP contribution in [0.3, 0.4) is 0 Å². The zero-order valence-corrected chi connectivity index (χ0v) is 10.4. The fraction of sp³-hybridized carbons (Fsp3) is 0.917. The Morgan fingerprint density at radius 1 is 1.40 bits per heavy atom. The second kappa shape index (κ2) is 5.50. The van der Waals surface area contributed by atoms with Crippen LogP contribution in [-0.4, -0.2) is 36.5 Å². The summed E-state index contributed by atoms with van der Waals surface area (Å²) in [6, 6.07) is 0.387. The Labute approximate surface area is 93.2 Å². The molecular formula is C12H24N2O. The van der Waals surface area contributed by atoms with Crippen molar-refractivity contribution in [2.24, 2.45) is 11.8 Å². The fourth-order valence-electron chi connectivity index (χ4n) is 1.96. The number of nitrogens with one attached hydrogen (secondary N) is 1.